The van der Waals surface area contributed by atoms with Crippen molar-refractivity contribution in [2.24, 2.45) is 0 Å². The van der Waals surface area contributed by atoms with E-state index in [2.05, 4.69) is 11.4 Å². The van der Waals surface area contributed by atoms with Crippen LogP contribution in [-0.2, 0) is 0 Å². The molecule has 0 aliphatic rings. The number of nitrogen functional groups attached to an aromatic ring is 1. The molecule has 1 aromatic carbocycles. The molecule has 1 aromatic rings. The van der Waals surface area contributed by atoms with Crippen LogP contribution in [0.5, 0.6) is 0 Å². The van der Waals surface area contributed by atoms with E-state index >= 15 is 0 Å². The Morgan fingerprint density at radius 1 is 1.50 bits per heavy atom. The number of nitrogens with one attached hydrogen (secondary N) is 1. The molecule has 76 valence electrons. The van der Waals surface area contributed by atoms with Gasteiger partial charge in [-0.2, -0.15) is 0 Å². The van der Waals surface area contributed by atoms with Crippen LogP contribution in [0, 0.1) is 0 Å². The van der Waals surface area contributed by atoms with E-state index in [9.17, 15) is 0 Å². The molecule has 14 heavy (non-hydrogen) atoms. The maximum atomic E-state index is 6.00. The van der Waals surface area contributed by atoms with Crippen molar-refractivity contribution in [1.82, 2.24) is 5.32 Å². The summed E-state index contributed by atoms with van der Waals surface area (Å²) in [5.74, 6) is 0. The SMILES string of the molecule is CNCCC=Cc1c(N)cccc1Cl. The minimum absolute atomic E-state index is 0.700. The standard InChI is InChI=1S/C11H15ClN2/c1-14-8-3-2-5-9-10(12)6-4-7-11(9)13/h2,4-7,14H,3,8,13H2,1H3. The predicted molar refractivity (Wildman–Crippen MR) is 63.4 cm³/mol. The van der Waals surface area contributed by atoms with Crippen LogP contribution in [0.2, 0.25) is 5.02 Å². The summed E-state index contributed by atoms with van der Waals surface area (Å²) in [5.41, 5.74) is 7.41. The highest BCUT2D eigenvalue weighted by molar-refractivity contribution is 6.32. The topological polar surface area (TPSA) is 38.0 Å². The quantitative estimate of drug-likeness (QED) is 0.592. The first kappa shape index (κ1) is 11.1. The lowest BCUT2D eigenvalue weighted by Gasteiger charge is -2.02. The van der Waals surface area contributed by atoms with Gasteiger partial charge in [0.25, 0.3) is 0 Å². The molecule has 0 unspecified atom stereocenters. The summed E-state index contributed by atoms with van der Waals surface area (Å²) in [7, 11) is 1.93. The third kappa shape index (κ3) is 3.05. The van der Waals surface area contributed by atoms with Gasteiger partial charge >= 0.3 is 0 Å². The monoisotopic (exact) mass is 210 g/mol. The van der Waals surface area contributed by atoms with E-state index in [1.165, 1.54) is 0 Å². The van der Waals surface area contributed by atoms with Gasteiger partial charge in [0, 0.05) is 16.3 Å². The summed E-state index contributed by atoms with van der Waals surface area (Å²) in [6, 6.07) is 5.54. The maximum Gasteiger partial charge on any atom is 0.0498 e. The van der Waals surface area contributed by atoms with E-state index in [-0.39, 0.29) is 0 Å². The van der Waals surface area contributed by atoms with E-state index in [4.69, 9.17) is 17.3 Å². The molecule has 0 atom stereocenters. The van der Waals surface area contributed by atoms with Crippen molar-refractivity contribution < 1.29 is 0 Å². The lowest BCUT2D eigenvalue weighted by atomic mass is 10.1. The molecule has 0 aliphatic heterocycles. The van der Waals surface area contributed by atoms with Crippen LogP contribution in [0.15, 0.2) is 24.3 Å². The molecule has 0 aliphatic carbocycles. The molecule has 3 N–H and O–H groups in total. The highest BCUT2D eigenvalue weighted by atomic mass is 35.5. The van der Waals surface area contributed by atoms with Crippen LogP contribution in [0.4, 0.5) is 5.69 Å². The lowest BCUT2D eigenvalue weighted by Crippen LogP contribution is -2.05. The molecular weight excluding hydrogens is 196 g/mol. The van der Waals surface area contributed by atoms with Gasteiger partial charge in [0.05, 0.1) is 0 Å². The van der Waals surface area contributed by atoms with Crippen molar-refractivity contribution in [3.05, 3.63) is 34.9 Å². The first-order chi connectivity index (χ1) is 6.75. The molecule has 0 amide bonds. The minimum Gasteiger partial charge on any atom is -0.398 e. The van der Waals surface area contributed by atoms with Gasteiger partial charge in [-0.1, -0.05) is 29.8 Å². The average molecular weight is 211 g/mol. The highest BCUT2D eigenvalue weighted by Gasteiger charge is 1.98. The molecule has 1 rings (SSSR count). The zero-order chi connectivity index (χ0) is 10.4. The smallest absolute Gasteiger partial charge is 0.0498 e. The molecule has 0 aromatic heterocycles. The first-order valence-electron chi connectivity index (χ1n) is 4.61. The van der Waals surface area contributed by atoms with E-state index in [1.807, 2.05) is 31.3 Å². The Kier molecular flexibility index (Phi) is 4.50. The van der Waals surface area contributed by atoms with Gasteiger partial charge in [-0.15, -0.1) is 0 Å². The number of hydrogen-bond acceptors (Lipinski definition) is 2. The van der Waals surface area contributed by atoms with Crippen molar-refractivity contribution in [1.29, 1.82) is 0 Å². The van der Waals surface area contributed by atoms with Gasteiger partial charge in [0.15, 0.2) is 0 Å². The molecule has 0 saturated carbocycles. The molecule has 3 heteroatoms. The lowest BCUT2D eigenvalue weighted by molar-refractivity contribution is 0.809. The molecule has 0 fully saturated rings. The highest BCUT2D eigenvalue weighted by Crippen LogP contribution is 2.23. The van der Waals surface area contributed by atoms with Crippen molar-refractivity contribution in [2.75, 3.05) is 19.3 Å². The normalized spacial score (nSPS) is 11.0. The molecule has 0 bridgehead atoms. The Bertz CT molecular complexity index is 301. The van der Waals surface area contributed by atoms with Crippen LogP contribution in [0.25, 0.3) is 6.08 Å². The van der Waals surface area contributed by atoms with Gasteiger partial charge < -0.3 is 11.1 Å². The Balaban J connectivity index is 2.70. The molecule has 2 nitrogen and oxygen atoms in total. The van der Waals surface area contributed by atoms with Gasteiger partial charge in [-0.05, 0) is 32.1 Å². The largest absolute Gasteiger partial charge is 0.398 e. The number of hydrogen-bond donors (Lipinski definition) is 2. The van der Waals surface area contributed by atoms with Crippen LogP contribution < -0.4 is 11.1 Å². The summed E-state index contributed by atoms with van der Waals surface area (Å²) in [5, 5.41) is 3.77. The van der Waals surface area contributed by atoms with Crippen LogP contribution in [0.3, 0.4) is 0 Å². The van der Waals surface area contributed by atoms with Gasteiger partial charge in [-0.3, -0.25) is 0 Å². The molecule has 0 heterocycles. The second kappa shape index (κ2) is 5.68. The molecule has 0 spiro atoms. The Morgan fingerprint density at radius 3 is 2.93 bits per heavy atom. The second-order valence-corrected chi connectivity index (χ2v) is 3.44. The van der Waals surface area contributed by atoms with E-state index in [0.29, 0.717) is 5.02 Å². The summed E-state index contributed by atoms with van der Waals surface area (Å²) < 4.78 is 0. The van der Waals surface area contributed by atoms with Gasteiger partial charge in [-0.25, -0.2) is 0 Å². The fourth-order valence-electron chi connectivity index (χ4n) is 1.16. The zero-order valence-electron chi connectivity index (χ0n) is 8.26. The van der Waals surface area contributed by atoms with E-state index in [1.54, 1.807) is 0 Å². The molecule has 0 radical (unpaired) electrons. The summed E-state index contributed by atoms with van der Waals surface area (Å²) >= 11 is 6.00. The molecular formula is C11H15ClN2. The summed E-state index contributed by atoms with van der Waals surface area (Å²) in [6.07, 6.45) is 5.00. The van der Waals surface area contributed by atoms with Crippen LogP contribution >= 0.6 is 11.6 Å². The molecule has 0 saturated heterocycles. The maximum absolute atomic E-state index is 6.00. The zero-order valence-corrected chi connectivity index (χ0v) is 9.01. The summed E-state index contributed by atoms with van der Waals surface area (Å²) in [6.45, 7) is 0.959. The Hall–Kier alpha value is -0.990. The van der Waals surface area contributed by atoms with Crippen LogP contribution in [-0.4, -0.2) is 13.6 Å². The minimum atomic E-state index is 0.700. The number of rotatable bonds is 4. The average Bonchev–Trinajstić information content (AvgIpc) is 2.16. The number of anilines is 1. The van der Waals surface area contributed by atoms with Crippen molar-refractivity contribution >= 4 is 23.4 Å². The first-order valence-corrected chi connectivity index (χ1v) is 4.98. The van der Waals surface area contributed by atoms with Gasteiger partial charge in [0.1, 0.15) is 0 Å². The Labute approximate surface area is 89.8 Å². The van der Waals surface area contributed by atoms with E-state index < -0.39 is 0 Å². The fourth-order valence-corrected chi connectivity index (χ4v) is 1.40. The van der Waals surface area contributed by atoms with E-state index in [0.717, 1.165) is 24.2 Å². The number of halogens is 1. The Morgan fingerprint density at radius 2 is 2.29 bits per heavy atom. The third-order valence-electron chi connectivity index (χ3n) is 1.93. The van der Waals surface area contributed by atoms with Crippen molar-refractivity contribution in [3.8, 4) is 0 Å². The fraction of sp³-hybridized carbons (Fsp3) is 0.273. The summed E-state index contributed by atoms with van der Waals surface area (Å²) in [4.78, 5) is 0. The van der Waals surface area contributed by atoms with Gasteiger partial charge in [0.2, 0.25) is 0 Å². The predicted octanol–water partition coefficient (Wildman–Crippen LogP) is 2.54. The van der Waals surface area contributed by atoms with Crippen LogP contribution in [0.1, 0.15) is 12.0 Å². The van der Waals surface area contributed by atoms with Crippen molar-refractivity contribution in [3.63, 3.8) is 0 Å². The third-order valence-corrected chi connectivity index (χ3v) is 2.26. The number of benzene rings is 1. The second-order valence-electron chi connectivity index (χ2n) is 3.04. The van der Waals surface area contributed by atoms with Crippen molar-refractivity contribution in [2.45, 2.75) is 6.42 Å². The number of nitrogens with two attached hydrogens (primary N) is 1.